The van der Waals surface area contributed by atoms with Crippen LogP contribution in [0.15, 0.2) is 72.4 Å². The van der Waals surface area contributed by atoms with Crippen LogP contribution in [0.3, 0.4) is 0 Å². The van der Waals surface area contributed by atoms with Crippen LogP contribution in [0.25, 0.3) is 10.6 Å². The molecule has 0 spiro atoms. The Balaban J connectivity index is 1.50. The zero-order valence-corrected chi connectivity index (χ0v) is 16.1. The van der Waals surface area contributed by atoms with Gasteiger partial charge >= 0.3 is 11.8 Å². The summed E-state index contributed by atoms with van der Waals surface area (Å²) in [5.74, 6) is -1.10. The molecule has 0 aliphatic heterocycles. The zero-order valence-electron chi connectivity index (χ0n) is 15.2. The molecule has 2 amide bonds. The van der Waals surface area contributed by atoms with E-state index in [0.29, 0.717) is 17.4 Å². The lowest BCUT2D eigenvalue weighted by Gasteiger charge is -2.02. The molecule has 0 atom stereocenters. The Morgan fingerprint density at radius 1 is 1.07 bits per heavy atom. The zero-order chi connectivity index (χ0) is 20.5. The Hall–Kier alpha value is -3.85. The summed E-state index contributed by atoms with van der Waals surface area (Å²) >= 11 is 1.17. The Labute approximate surface area is 170 Å². The number of nitrogens with one attached hydrogen (secondary N) is 2. The van der Waals surface area contributed by atoms with Crippen molar-refractivity contribution in [2.45, 2.75) is 0 Å². The number of ether oxygens (including phenoxy) is 1. The van der Waals surface area contributed by atoms with E-state index in [4.69, 9.17) is 4.74 Å². The van der Waals surface area contributed by atoms with Crippen LogP contribution in [0.1, 0.15) is 5.56 Å². The third-order valence-electron chi connectivity index (χ3n) is 3.50. The molecule has 29 heavy (non-hydrogen) atoms. The summed E-state index contributed by atoms with van der Waals surface area (Å²) in [6.45, 7) is 4.00. The van der Waals surface area contributed by atoms with Crippen molar-refractivity contribution in [2.24, 2.45) is 5.10 Å². The van der Waals surface area contributed by atoms with Crippen LogP contribution in [-0.2, 0) is 9.59 Å². The summed E-state index contributed by atoms with van der Waals surface area (Å²) in [6.07, 6.45) is 3.07. The number of amides is 2. The van der Waals surface area contributed by atoms with Crippen molar-refractivity contribution in [3.05, 3.63) is 72.8 Å². The van der Waals surface area contributed by atoms with Gasteiger partial charge in [0.05, 0.1) is 6.21 Å². The van der Waals surface area contributed by atoms with E-state index in [-0.39, 0.29) is 5.13 Å². The summed E-state index contributed by atoms with van der Waals surface area (Å²) in [5.41, 5.74) is 3.77. The predicted octanol–water partition coefficient (Wildman–Crippen LogP) is 2.86. The van der Waals surface area contributed by atoms with Crippen molar-refractivity contribution < 1.29 is 14.3 Å². The lowest BCUT2D eigenvalue weighted by molar-refractivity contribution is -0.136. The molecular formula is C20H17N5O3S. The molecule has 0 fully saturated rings. The van der Waals surface area contributed by atoms with E-state index in [9.17, 15) is 9.59 Å². The Morgan fingerprint density at radius 3 is 2.55 bits per heavy atom. The van der Waals surface area contributed by atoms with Gasteiger partial charge in [-0.1, -0.05) is 54.3 Å². The van der Waals surface area contributed by atoms with Gasteiger partial charge in [-0.3, -0.25) is 14.9 Å². The maximum atomic E-state index is 12.0. The van der Waals surface area contributed by atoms with Gasteiger partial charge in [0.15, 0.2) is 0 Å². The number of anilines is 1. The topological polar surface area (TPSA) is 106 Å². The van der Waals surface area contributed by atoms with E-state index >= 15 is 0 Å². The number of hydrogen-bond donors (Lipinski definition) is 2. The highest BCUT2D eigenvalue weighted by Crippen LogP contribution is 2.25. The molecule has 3 aromatic rings. The fourth-order valence-corrected chi connectivity index (χ4v) is 2.89. The highest BCUT2D eigenvalue weighted by molar-refractivity contribution is 7.18. The number of carbonyl (C=O) groups is 2. The minimum Gasteiger partial charge on any atom is -0.490 e. The van der Waals surface area contributed by atoms with Crippen molar-refractivity contribution in [3.63, 3.8) is 0 Å². The first kappa shape index (κ1) is 19.9. The number of aromatic nitrogens is 2. The first-order valence-electron chi connectivity index (χ1n) is 8.53. The van der Waals surface area contributed by atoms with Gasteiger partial charge in [0.2, 0.25) is 5.13 Å². The molecule has 8 nitrogen and oxygen atoms in total. The molecule has 9 heteroatoms. The van der Waals surface area contributed by atoms with E-state index < -0.39 is 11.8 Å². The van der Waals surface area contributed by atoms with Crippen molar-refractivity contribution in [2.75, 3.05) is 11.9 Å². The lowest BCUT2D eigenvalue weighted by atomic mass is 10.2. The number of nitrogens with zero attached hydrogens (tertiary/aromatic N) is 3. The molecule has 0 bridgehead atoms. The average molecular weight is 407 g/mol. The standard InChI is InChI=1S/C20H17N5O3S/c1-2-12-28-16-10-8-14(9-11-16)13-21-23-18(27)17(26)22-20-25-24-19(29-20)15-6-4-3-5-7-15/h2-11,13H,1,12H2,(H,23,27)(H,22,25,26). The van der Waals surface area contributed by atoms with Crippen LogP contribution in [0.4, 0.5) is 5.13 Å². The normalized spacial score (nSPS) is 10.5. The molecule has 0 radical (unpaired) electrons. The lowest BCUT2D eigenvalue weighted by Crippen LogP contribution is -2.32. The third kappa shape index (κ3) is 5.81. The monoisotopic (exact) mass is 407 g/mol. The van der Waals surface area contributed by atoms with Gasteiger partial charge in [-0.2, -0.15) is 5.10 Å². The first-order chi connectivity index (χ1) is 14.2. The van der Waals surface area contributed by atoms with Crippen LogP contribution in [-0.4, -0.2) is 34.8 Å². The van der Waals surface area contributed by atoms with Crippen LogP contribution in [0, 0.1) is 0 Å². The van der Waals surface area contributed by atoms with Crippen molar-refractivity contribution in [1.82, 2.24) is 15.6 Å². The molecule has 3 rings (SSSR count). The summed E-state index contributed by atoms with van der Waals surface area (Å²) < 4.78 is 5.38. The molecule has 0 saturated carbocycles. The summed E-state index contributed by atoms with van der Waals surface area (Å²) in [6, 6.07) is 16.5. The van der Waals surface area contributed by atoms with E-state index in [2.05, 4.69) is 32.6 Å². The van der Waals surface area contributed by atoms with Gasteiger partial charge in [0, 0.05) is 5.56 Å². The fraction of sp³-hybridized carbons (Fsp3) is 0.0500. The molecule has 146 valence electrons. The van der Waals surface area contributed by atoms with Gasteiger partial charge in [0.25, 0.3) is 0 Å². The second-order valence-corrected chi connectivity index (χ2v) is 6.58. The molecule has 1 aromatic heterocycles. The van der Waals surface area contributed by atoms with Crippen LogP contribution < -0.4 is 15.5 Å². The first-order valence-corrected chi connectivity index (χ1v) is 9.34. The molecule has 0 aliphatic carbocycles. The van der Waals surface area contributed by atoms with Gasteiger partial charge < -0.3 is 4.74 Å². The number of benzene rings is 2. The average Bonchev–Trinajstić information content (AvgIpc) is 3.22. The Morgan fingerprint density at radius 2 is 1.83 bits per heavy atom. The van der Waals surface area contributed by atoms with Crippen LogP contribution >= 0.6 is 11.3 Å². The number of hydrazone groups is 1. The van der Waals surface area contributed by atoms with Crippen molar-refractivity contribution >= 4 is 34.5 Å². The molecule has 1 heterocycles. The van der Waals surface area contributed by atoms with Gasteiger partial charge in [-0.05, 0) is 29.8 Å². The third-order valence-corrected chi connectivity index (χ3v) is 4.39. The minimum atomic E-state index is -0.913. The number of carbonyl (C=O) groups excluding carboxylic acids is 2. The minimum absolute atomic E-state index is 0.225. The molecule has 2 aromatic carbocycles. The smallest absolute Gasteiger partial charge is 0.329 e. The summed E-state index contributed by atoms with van der Waals surface area (Å²) in [5, 5.41) is 14.9. The maximum absolute atomic E-state index is 12.0. The second-order valence-electron chi connectivity index (χ2n) is 5.60. The molecule has 0 saturated heterocycles. The maximum Gasteiger partial charge on any atom is 0.329 e. The highest BCUT2D eigenvalue weighted by atomic mass is 32.1. The Kier molecular flexibility index (Phi) is 6.80. The number of hydrogen-bond acceptors (Lipinski definition) is 7. The SMILES string of the molecule is C=CCOc1ccc(C=NNC(=O)C(=O)Nc2nnc(-c3ccccc3)s2)cc1. The van der Waals surface area contributed by atoms with Crippen molar-refractivity contribution in [1.29, 1.82) is 0 Å². The van der Waals surface area contributed by atoms with Gasteiger partial charge in [-0.25, -0.2) is 5.43 Å². The predicted molar refractivity (Wildman–Crippen MR) is 112 cm³/mol. The van der Waals surface area contributed by atoms with E-state index in [1.54, 1.807) is 30.3 Å². The van der Waals surface area contributed by atoms with E-state index in [1.165, 1.54) is 17.6 Å². The van der Waals surface area contributed by atoms with E-state index in [0.717, 1.165) is 11.1 Å². The largest absolute Gasteiger partial charge is 0.490 e. The number of rotatable bonds is 7. The van der Waals surface area contributed by atoms with Crippen LogP contribution in [0.5, 0.6) is 5.75 Å². The Bertz CT molecular complexity index is 1020. The van der Waals surface area contributed by atoms with Gasteiger partial charge in [-0.15, -0.1) is 10.2 Å². The summed E-state index contributed by atoms with van der Waals surface area (Å²) in [4.78, 5) is 23.8. The van der Waals surface area contributed by atoms with E-state index in [1.807, 2.05) is 30.3 Å². The molecule has 2 N–H and O–H groups in total. The molecular weight excluding hydrogens is 390 g/mol. The van der Waals surface area contributed by atoms with Crippen molar-refractivity contribution in [3.8, 4) is 16.3 Å². The fourth-order valence-electron chi connectivity index (χ4n) is 2.15. The van der Waals surface area contributed by atoms with Gasteiger partial charge in [0.1, 0.15) is 17.4 Å². The summed E-state index contributed by atoms with van der Waals surface area (Å²) in [7, 11) is 0. The molecule has 0 aliphatic rings. The quantitative estimate of drug-likeness (QED) is 0.271. The second kappa shape index (κ2) is 9.90. The van der Waals surface area contributed by atoms with Crippen LogP contribution in [0.2, 0.25) is 0 Å². The molecule has 0 unspecified atom stereocenters. The highest BCUT2D eigenvalue weighted by Gasteiger charge is 2.16.